The van der Waals surface area contributed by atoms with Gasteiger partial charge in [-0.25, -0.2) is 0 Å². The average molecular weight is 274 g/mol. The highest BCUT2D eigenvalue weighted by molar-refractivity contribution is 7.89. The van der Waals surface area contributed by atoms with Crippen molar-refractivity contribution in [1.29, 1.82) is 0 Å². The van der Waals surface area contributed by atoms with E-state index in [9.17, 15) is 28.6 Å². The van der Waals surface area contributed by atoms with Gasteiger partial charge in [-0.3, -0.25) is 24.8 Å². The minimum atomic E-state index is -5.32. The molecule has 1 rings (SSSR count). The second kappa shape index (κ2) is 4.89. The first-order chi connectivity index (χ1) is 8.25. The molecule has 0 aliphatic heterocycles. The van der Waals surface area contributed by atoms with Gasteiger partial charge in [-0.2, -0.15) is 8.42 Å². The fourth-order valence-electron chi connectivity index (χ4n) is 1.21. The highest BCUT2D eigenvalue weighted by atomic mass is 32.2. The van der Waals surface area contributed by atoms with Crippen LogP contribution < -0.4 is 0 Å². The van der Waals surface area contributed by atoms with Gasteiger partial charge in [0.2, 0.25) is 0 Å². The molecule has 0 saturated heterocycles. The minimum Gasteiger partial charge on any atom is -0.277 e. The van der Waals surface area contributed by atoms with Gasteiger partial charge >= 0.3 is 20.8 Å². The van der Waals surface area contributed by atoms with Crippen LogP contribution in [-0.4, -0.2) is 22.8 Å². The van der Waals surface area contributed by atoms with Crippen LogP contribution in [0.25, 0.3) is 5.70 Å². The lowest BCUT2D eigenvalue weighted by Gasteiger charge is -1.99. The molecule has 0 aliphatic rings. The van der Waals surface area contributed by atoms with Gasteiger partial charge in [-0.1, -0.05) is 18.2 Å². The molecule has 0 fully saturated rings. The Morgan fingerprint density at radius 3 is 1.89 bits per heavy atom. The van der Waals surface area contributed by atoms with E-state index in [2.05, 4.69) is 0 Å². The first-order valence-electron chi connectivity index (χ1n) is 4.31. The van der Waals surface area contributed by atoms with Gasteiger partial charge in [0.25, 0.3) is 0 Å². The van der Waals surface area contributed by atoms with E-state index in [-0.39, 0.29) is 5.56 Å². The summed E-state index contributed by atoms with van der Waals surface area (Å²) in [6.07, 6.45) is 0. The predicted molar refractivity (Wildman–Crippen MR) is 58.9 cm³/mol. The van der Waals surface area contributed by atoms with E-state index in [4.69, 9.17) is 4.55 Å². The van der Waals surface area contributed by atoms with Crippen LogP contribution in [0.2, 0.25) is 0 Å². The van der Waals surface area contributed by atoms with Crippen LogP contribution >= 0.6 is 0 Å². The maximum absolute atomic E-state index is 10.8. The summed E-state index contributed by atoms with van der Waals surface area (Å²) in [5.41, 5.74) is -1.59. The number of hydrogen-bond acceptors (Lipinski definition) is 6. The van der Waals surface area contributed by atoms with Crippen molar-refractivity contribution < 1.29 is 22.8 Å². The van der Waals surface area contributed by atoms with E-state index in [0.717, 1.165) is 12.1 Å². The molecule has 0 spiro atoms. The van der Waals surface area contributed by atoms with Crippen LogP contribution in [0.4, 0.5) is 0 Å². The third kappa shape index (κ3) is 2.87. The average Bonchev–Trinajstić information content (AvgIpc) is 2.24. The Labute approximate surface area is 100 Å². The summed E-state index contributed by atoms with van der Waals surface area (Å²) in [6, 6.07) is 6.39. The molecule has 0 saturated carbocycles. The zero-order valence-corrected chi connectivity index (χ0v) is 9.40. The van der Waals surface area contributed by atoms with E-state index in [1.165, 1.54) is 18.2 Å². The Morgan fingerprint density at radius 2 is 1.56 bits per heavy atom. The predicted octanol–water partition coefficient (Wildman–Crippen LogP) is 0.754. The zero-order chi connectivity index (χ0) is 13.9. The summed E-state index contributed by atoms with van der Waals surface area (Å²) in [5.74, 6) is 0. The Bertz CT molecular complexity index is 620. The van der Waals surface area contributed by atoms with Crippen molar-refractivity contribution in [3.05, 3.63) is 61.2 Å². The Hall–Kier alpha value is -2.33. The standard InChI is InChI=1S/C8H6N2O7S/c11-9(12)7(6-4-2-1-3-5-6)8(10(13)14)18(15,16)17/h1-5H,(H,15,16,17). The number of benzene rings is 1. The van der Waals surface area contributed by atoms with E-state index < -0.39 is 30.7 Å². The molecule has 1 aromatic rings. The van der Waals surface area contributed by atoms with Gasteiger partial charge in [-0.05, 0) is 12.1 Å². The SMILES string of the molecule is O=[N+]([O-])C(=C([N+](=O)[O-])S(=O)(=O)O)c1ccccc1. The van der Waals surface area contributed by atoms with E-state index in [1.807, 2.05) is 0 Å². The molecule has 0 bridgehead atoms. The van der Waals surface area contributed by atoms with Crippen LogP contribution in [0.5, 0.6) is 0 Å². The van der Waals surface area contributed by atoms with Crippen LogP contribution in [0.3, 0.4) is 0 Å². The summed E-state index contributed by atoms with van der Waals surface area (Å²) in [7, 11) is -5.32. The Kier molecular flexibility index (Phi) is 3.73. The van der Waals surface area contributed by atoms with Crippen molar-refractivity contribution in [3.63, 3.8) is 0 Å². The maximum atomic E-state index is 10.8. The van der Waals surface area contributed by atoms with Gasteiger partial charge in [-0.15, -0.1) is 0 Å². The lowest BCUT2D eigenvalue weighted by atomic mass is 10.2. The molecule has 18 heavy (non-hydrogen) atoms. The molecule has 1 N–H and O–H groups in total. The van der Waals surface area contributed by atoms with Crippen molar-refractivity contribution >= 4 is 15.8 Å². The largest absolute Gasteiger partial charge is 0.462 e. The van der Waals surface area contributed by atoms with E-state index >= 15 is 0 Å². The fraction of sp³-hybridized carbons (Fsp3) is 0. The Morgan fingerprint density at radius 1 is 1.06 bits per heavy atom. The molecule has 0 unspecified atom stereocenters. The lowest BCUT2D eigenvalue weighted by Crippen LogP contribution is -2.17. The number of nitrogens with zero attached hydrogens (tertiary/aromatic N) is 2. The highest BCUT2D eigenvalue weighted by Gasteiger charge is 2.40. The third-order valence-electron chi connectivity index (χ3n) is 1.84. The quantitative estimate of drug-likeness (QED) is 0.485. The molecule has 96 valence electrons. The number of nitro groups is 2. The topological polar surface area (TPSA) is 141 Å². The van der Waals surface area contributed by atoms with Crippen LogP contribution in [-0.2, 0) is 10.1 Å². The van der Waals surface area contributed by atoms with Gasteiger partial charge in [0.15, 0.2) is 0 Å². The Balaban J connectivity index is 3.72. The zero-order valence-electron chi connectivity index (χ0n) is 8.59. The molecule has 0 amide bonds. The minimum absolute atomic E-state index is 0.299. The van der Waals surface area contributed by atoms with Gasteiger partial charge in [0.05, 0.1) is 15.4 Å². The second-order valence-corrected chi connectivity index (χ2v) is 4.35. The maximum Gasteiger partial charge on any atom is 0.462 e. The third-order valence-corrected chi connectivity index (χ3v) is 2.67. The molecule has 0 heterocycles. The summed E-state index contributed by atoms with van der Waals surface area (Å²) < 4.78 is 30.4. The highest BCUT2D eigenvalue weighted by Crippen LogP contribution is 2.22. The smallest absolute Gasteiger partial charge is 0.277 e. The number of rotatable bonds is 4. The molecule has 0 atom stereocenters. The molecule has 9 nitrogen and oxygen atoms in total. The lowest BCUT2D eigenvalue weighted by molar-refractivity contribution is -0.433. The van der Waals surface area contributed by atoms with Gasteiger partial charge < -0.3 is 0 Å². The van der Waals surface area contributed by atoms with E-state index in [0.29, 0.717) is 0 Å². The summed E-state index contributed by atoms with van der Waals surface area (Å²) >= 11 is 0. The summed E-state index contributed by atoms with van der Waals surface area (Å²) in [5, 5.41) is 19.5. The number of hydrogen-bond donors (Lipinski definition) is 1. The summed E-state index contributed by atoms with van der Waals surface area (Å²) in [4.78, 5) is 18.6. The molecule has 10 heteroatoms. The molecule has 1 aromatic carbocycles. The molecule has 0 aliphatic carbocycles. The first kappa shape index (κ1) is 13.7. The molecule has 0 radical (unpaired) electrons. The second-order valence-electron chi connectivity index (χ2n) is 3.01. The van der Waals surface area contributed by atoms with Crippen molar-refractivity contribution in [2.75, 3.05) is 0 Å². The van der Waals surface area contributed by atoms with E-state index in [1.54, 1.807) is 0 Å². The first-order valence-corrected chi connectivity index (χ1v) is 5.75. The van der Waals surface area contributed by atoms with Crippen molar-refractivity contribution in [3.8, 4) is 0 Å². The normalized spacial score (nSPS) is 12.7. The van der Waals surface area contributed by atoms with Gasteiger partial charge in [0.1, 0.15) is 0 Å². The van der Waals surface area contributed by atoms with Crippen molar-refractivity contribution in [2.45, 2.75) is 0 Å². The van der Waals surface area contributed by atoms with Crippen LogP contribution in [0.15, 0.2) is 35.4 Å². The fourth-order valence-corrected chi connectivity index (χ4v) is 1.83. The van der Waals surface area contributed by atoms with Crippen molar-refractivity contribution in [2.24, 2.45) is 0 Å². The molecular formula is C8H6N2O7S. The molecular weight excluding hydrogens is 268 g/mol. The molecule has 0 aromatic heterocycles. The van der Waals surface area contributed by atoms with Crippen LogP contribution in [0, 0.1) is 20.2 Å². The summed E-state index contributed by atoms with van der Waals surface area (Å²) in [6.45, 7) is 0. The van der Waals surface area contributed by atoms with Crippen LogP contribution in [0.1, 0.15) is 5.56 Å². The van der Waals surface area contributed by atoms with Crippen molar-refractivity contribution in [1.82, 2.24) is 0 Å². The van der Waals surface area contributed by atoms with Gasteiger partial charge in [0, 0.05) is 0 Å². The monoisotopic (exact) mass is 274 g/mol.